The predicted molar refractivity (Wildman–Crippen MR) is 93.9 cm³/mol. The zero-order valence-corrected chi connectivity index (χ0v) is 15.2. The first-order valence-electron chi connectivity index (χ1n) is 8.71. The molecule has 1 saturated heterocycles. The van der Waals surface area contributed by atoms with E-state index in [2.05, 4.69) is 14.7 Å². The molecule has 12 heteroatoms. The van der Waals surface area contributed by atoms with Crippen LogP contribution in [0.2, 0.25) is 0 Å². The minimum Gasteiger partial charge on any atom is -0.406 e. The highest BCUT2D eigenvalue weighted by atomic mass is 19.4. The van der Waals surface area contributed by atoms with Crippen molar-refractivity contribution in [3.8, 4) is 5.75 Å². The third-order valence-electron chi connectivity index (χ3n) is 4.42. The number of nitro groups is 1. The van der Waals surface area contributed by atoms with Crippen LogP contribution in [0.15, 0.2) is 36.7 Å². The van der Waals surface area contributed by atoms with Gasteiger partial charge in [0.25, 0.3) is 0 Å². The Bertz CT molecular complexity index is 861. The Hall–Kier alpha value is -3.15. The molecule has 156 valence electrons. The SMILES string of the molecule is O=C(Cn1cc([N+](=O)[O-])cn1)N1CCN(Cc2ccc(OC(F)(F)F)cc2)CC1. The minimum atomic E-state index is -4.72. The van der Waals surface area contributed by atoms with Crippen LogP contribution in [-0.2, 0) is 17.9 Å². The number of benzene rings is 1. The Morgan fingerprint density at radius 3 is 2.38 bits per heavy atom. The summed E-state index contributed by atoms with van der Waals surface area (Å²) in [5.41, 5.74) is 0.664. The summed E-state index contributed by atoms with van der Waals surface area (Å²) in [6.45, 7) is 2.64. The van der Waals surface area contributed by atoms with Crippen molar-refractivity contribution in [2.45, 2.75) is 19.5 Å². The van der Waals surface area contributed by atoms with Crippen molar-refractivity contribution in [2.24, 2.45) is 0 Å². The fourth-order valence-corrected chi connectivity index (χ4v) is 2.98. The number of hydrogen-bond donors (Lipinski definition) is 0. The molecule has 1 fully saturated rings. The molecule has 1 amide bonds. The monoisotopic (exact) mass is 413 g/mol. The van der Waals surface area contributed by atoms with Gasteiger partial charge in [0.15, 0.2) is 0 Å². The van der Waals surface area contributed by atoms with Crippen molar-refractivity contribution in [1.82, 2.24) is 19.6 Å². The maximum Gasteiger partial charge on any atom is 0.573 e. The fraction of sp³-hybridized carbons (Fsp3) is 0.412. The van der Waals surface area contributed by atoms with Gasteiger partial charge in [0.2, 0.25) is 5.91 Å². The van der Waals surface area contributed by atoms with Crippen LogP contribution >= 0.6 is 0 Å². The number of piperazine rings is 1. The second kappa shape index (κ2) is 8.47. The molecular weight excluding hydrogens is 395 g/mol. The number of ether oxygens (including phenoxy) is 1. The highest BCUT2D eigenvalue weighted by Crippen LogP contribution is 2.23. The maximum absolute atomic E-state index is 12.3. The van der Waals surface area contributed by atoms with Gasteiger partial charge in [0.1, 0.15) is 24.7 Å². The Labute approximate surface area is 163 Å². The Kier molecular flexibility index (Phi) is 6.01. The van der Waals surface area contributed by atoms with Gasteiger partial charge in [-0.15, -0.1) is 13.2 Å². The van der Waals surface area contributed by atoms with E-state index in [0.717, 1.165) is 11.8 Å². The molecule has 0 bridgehead atoms. The summed E-state index contributed by atoms with van der Waals surface area (Å²) in [6, 6.07) is 5.68. The molecule has 1 aromatic heterocycles. The number of carbonyl (C=O) groups is 1. The molecule has 0 atom stereocenters. The van der Waals surface area contributed by atoms with Crippen LogP contribution in [0, 0.1) is 10.1 Å². The summed E-state index contributed by atoms with van der Waals surface area (Å²) in [5, 5.41) is 14.5. The lowest BCUT2D eigenvalue weighted by Crippen LogP contribution is -2.49. The molecule has 9 nitrogen and oxygen atoms in total. The van der Waals surface area contributed by atoms with Crippen LogP contribution in [0.3, 0.4) is 0 Å². The molecule has 0 spiro atoms. The summed E-state index contributed by atoms with van der Waals surface area (Å²) in [7, 11) is 0. The summed E-state index contributed by atoms with van der Waals surface area (Å²) < 4.78 is 41.7. The van der Waals surface area contributed by atoms with E-state index in [1.165, 1.54) is 23.0 Å². The van der Waals surface area contributed by atoms with Crippen LogP contribution < -0.4 is 4.74 Å². The van der Waals surface area contributed by atoms with E-state index < -0.39 is 11.3 Å². The smallest absolute Gasteiger partial charge is 0.406 e. The molecule has 0 N–H and O–H groups in total. The van der Waals surface area contributed by atoms with E-state index in [9.17, 15) is 28.1 Å². The van der Waals surface area contributed by atoms with Crippen molar-refractivity contribution in [3.63, 3.8) is 0 Å². The summed E-state index contributed by atoms with van der Waals surface area (Å²) >= 11 is 0. The average Bonchev–Trinajstić information content (AvgIpc) is 3.11. The van der Waals surface area contributed by atoms with Crippen molar-refractivity contribution < 1.29 is 27.6 Å². The van der Waals surface area contributed by atoms with E-state index in [4.69, 9.17) is 0 Å². The van der Waals surface area contributed by atoms with Gasteiger partial charge in [-0.05, 0) is 17.7 Å². The predicted octanol–water partition coefficient (Wildman–Crippen LogP) is 2.03. The molecule has 0 radical (unpaired) electrons. The molecule has 2 heterocycles. The number of halogens is 3. The normalized spacial score (nSPS) is 15.3. The standard InChI is InChI=1S/C17H18F3N5O4/c18-17(19,20)29-15-3-1-13(2-4-15)10-22-5-7-23(8-6-22)16(26)12-24-11-14(9-21-24)25(27)28/h1-4,9,11H,5-8,10,12H2. The highest BCUT2D eigenvalue weighted by Gasteiger charge is 2.31. The summed E-state index contributed by atoms with van der Waals surface area (Å²) in [5.74, 6) is -0.452. The van der Waals surface area contributed by atoms with Crippen molar-refractivity contribution in [1.29, 1.82) is 0 Å². The van der Waals surface area contributed by atoms with Crippen LogP contribution in [0.25, 0.3) is 0 Å². The van der Waals surface area contributed by atoms with Gasteiger partial charge in [-0.1, -0.05) is 12.1 Å². The molecule has 1 aromatic carbocycles. The van der Waals surface area contributed by atoms with Crippen LogP contribution in [0.5, 0.6) is 5.75 Å². The number of alkyl halides is 3. The maximum atomic E-state index is 12.3. The topological polar surface area (TPSA) is 93.7 Å². The Morgan fingerprint density at radius 1 is 1.17 bits per heavy atom. The van der Waals surface area contributed by atoms with E-state index in [1.807, 2.05) is 0 Å². The molecule has 1 aliphatic heterocycles. The number of nitrogens with zero attached hydrogens (tertiary/aromatic N) is 5. The lowest BCUT2D eigenvalue weighted by Gasteiger charge is -2.34. The van der Waals surface area contributed by atoms with E-state index in [-0.39, 0.29) is 23.9 Å². The van der Waals surface area contributed by atoms with Gasteiger partial charge < -0.3 is 9.64 Å². The molecule has 2 aromatic rings. The number of carbonyl (C=O) groups excluding carboxylic acids is 1. The third-order valence-corrected chi connectivity index (χ3v) is 4.42. The van der Waals surface area contributed by atoms with E-state index in [0.29, 0.717) is 32.7 Å². The summed E-state index contributed by atoms with van der Waals surface area (Å²) in [6.07, 6.45) is -2.41. The highest BCUT2D eigenvalue weighted by molar-refractivity contribution is 5.76. The second-order valence-electron chi connectivity index (χ2n) is 6.50. The van der Waals surface area contributed by atoms with Crippen LogP contribution in [-0.4, -0.2) is 63.0 Å². The molecule has 29 heavy (non-hydrogen) atoms. The van der Waals surface area contributed by atoms with Crippen molar-refractivity contribution >= 4 is 11.6 Å². The lowest BCUT2D eigenvalue weighted by atomic mass is 10.2. The van der Waals surface area contributed by atoms with Gasteiger partial charge in [0, 0.05) is 32.7 Å². The zero-order chi connectivity index (χ0) is 21.0. The van der Waals surface area contributed by atoms with Crippen LogP contribution in [0.4, 0.5) is 18.9 Å². The molecule has 1 aliphatic rings. The molecule has 0 unspecified atom stereocenters. The molecule has 0 saturated carbocycles. The van der Waals surface area contributed by atoms with Crippen molar-refractivity contribution in [2.75, 3.05) is 26.2 Å². The number of aromatic nitrogens is 2. The summed E-state index contributed by atoms with van der Waals surface area (Å²) in [4.78, 5) is 26.2. The number of amides is 1. The largest absolute Gasteiger partial charge is 0.573 e. The number of rotatable bonds is 6. The first kappa shape index (κ1) is 20.6. The minimum absolute atomic E-state index is 0.0749. The van der Waals surface area contributed by atoms with Gasteiger partial charge >= 0.3 is 12.0 Å². The first-order valence-corrected chi connectivity index (χ1v) is 8.71. The van der Waals surface area contributed by atoms with Gasteiger partial charge in [-0.2, -0.15) is 5.10 Å². The number of hydrogen-bond acceptors (Lipinski definition) is 6. The Morgan fingerprint density at radius 2 is 1.83 bits per heavy atom. The van der Waals surface area contributed by atoms with Gasteiger partial charge in [-0.25, -0.2) is 0 Å². The van der Waals surface area contributed by atoms with Crippen molar-refractivity contribution in [3.05, 3.63) is 52.3 Å². The van der Waals surface area contributed by atoms with Crippen LogP contribution in [0.1, 0.15) is 5.56 Å². The third kappa shape index (κ3) is 5.91. The van der Waals surface area contributed by atoms with E-state index in [1.54, 1.807) is 17.0 Å². The molecular formula is C17H18F3N5O4. The fourth-order valence-electron chi connectivity index (χ4n) is 2.98. The van der Waals surface area contributed by atoms with Gasteiger partial charge in [-0.3, -0.25) is 24.5 Å². The lowest BCUT2D eigenvalue weighted by molar-refractivity contribution is -0.385. The van der Waals surface area contributed by atoms with Gasteiger partial charge in [0.05, 0.1) is 4.92 Å². The Balaban J connectivity index is 1.46. The average molecular weight is 413 g/mol. The molecule has 0 aliphatic carbocycles. The van der Waals surface area contributed by atoms with E-state index >= 15 is 0 Å². The first-order chi connectivity index (χ1) is 13.7. The molecule has 3 rings (SSSR count). The quantitative estimate of drug-likeness (QED) is 0.532. The second-order valence-corrected chi connectivity index (χ2v) is 6.50. The zero-order valence-electron chi connectivity index (χ0n) is 15.2.